The minimum Gasteiger partial charge on any atom is -1.00 e. The molecule has 0 radical (unpaired) electrons. The average Bonchev–Trinajstić information content (AvgIpc) is 2.63. The van der Waals surface area contributed by atoms with Gasteiger partial charge in [0.15, 0.2) is 0 Å². The van der Waals surface area contributed by atoms with Crippen molar-refractivity contribution in [3.05, 3.63) is 0 Å². The van der Waals surface area contributed by atoms with Gasteiger partial charge < -0.3 is 27.3 Å². The van der Waals surface area contributed by atoms with Crippen molar-refractivity contribution in [3.8, 4) is 0 Å². The van der Waals surface area contributed by atoms with E-state index in [1.807, 2.05) is 0 Å². The van der Waals surface area contributed by atoms with E-state index in [2.05, 4.69) is 33.4 Å². The number of aliphatic hydroxyl groups is 1. The van der Waals surface area contributed by atoms with Crippen LogP contribution in [0.1, 0.15) is 110 Å². The number of hydrogen-bond donors (Lipinski definition) is 2. The Balaban J connectivity index is 0. The normalized spacial score (nSPS) is 12.4. The first-order valence-corrected chi connectivity index (χ1v) is 12.1. The van der Waals surface area contributed by atoms with Crippen LogP contribution in [0.3, 0.4) is 0 Å². The number of hydrogen-bond acceptors (Lipinski definition) is 2. The van der Waals surface area contributed by atoms with Crippen LogP contribution in [0.5, 0.6) is 0 Å². The first kappa shape index (κ1) is 30.9. The number of quaternary nitrogens is 1. The Morgan fingerprint density at radius 3 is 1.79 bits per heavy atom. The van der Waals surface area contributed by atoms with Crippen LogP contribution in [-0.4, -0.2) is 55.8 Å². The highest BCUT2D eigenvalue weighted by Crippen LogP contribution is 2.14. The Morgan fingerprint density at radius 2 is 1.28 bits per heavy atom. The van der Waals surface area contributed by atoms with Gasteiger partial charge in [0.05, 0.1) is 33.8 Å². The number of halogens is 1. The lowest BCUT2D eigenvalue weighted by atomic mass is 10.0. The maximum Gasteiger partial charge on any atom is 0.219 e. The SMILES string of the molecule is CCCCCCC(O)CCCCCCCCCCC(=O)NCCC[N+](C)(C)C.[Cl-]. The third kappa shape index (κ3) is 25.6. The third-order valence-electron chi connectivity index (χ3n) is 5.41. The van der Waals surface area contributed by atoms with Gasteiger partial charge in [0.1, 0.15) is 0 Å². The van der Waals surface area contributed by atoms with Gasteiger partial charge in [-0.05, 0) is 19.3 Å². The summed E-state index contributed by atoms with van der Waals surface area (Å²) in [6.45, 7) is 4.13. The Kier molecular flexibility index (Phi) is 22.3. The molecule has 29 heavy (non-hydrogen) atoms. The fourth-order valence-corrected chi connectivity index (χ4v) is 3.55. The Morgan fingerprint density at radius 1 is 0.793 bits per heavy atom. The van der Waals surface area contributed by atoms with Gasteiger partial charge in [-0.1, -0.05) is 77.6 Å². The van der Waals surface area contributed by atoms with Gasteiger partial charge in [-0.2, -0.15) is 0 Å². The lowest BCUT2D eigenvalue weighted by Gasteiger charge is -2.23. The number of unbranched alkanes of at least 4 members (excludes halogenated alkanes) is 10. The molecule has 0 aromatic carbocycles. The van der Waals surface area contributed by atoms with Crippen molar-refractivity contribution in [1.82, 2.24) is 5.32 Å². The van der Waals surface area contributed by atoms with Crippen molar-refractivity contribution in [2.75, 3.05) is 34.2 Å². The van der Waals surface area contributed by atoms with Gasteiger partial charge in [0, 0.05) is 19.4 Å². The standard InChI is InChI=1S/C24H50N2O2.ClH/c1-5-6-7-14-18-23(27)19-15-12-10-8-9-11-13-16-20-24(28)25-21-17-22-26(2,3)4;/h23,27H,5-22H2,1-4H3;1H. The molecule has 2 N–H and O–H groups in total. The molecule has 176 valence electrons. The minimum absolute atomic E-state index is 0. The molecule has 1 unspecified atom stereocenters. The molecule has 0 saturated carbocycles. The summed E-state index contributed by atoms with van der Waals surface area (Å²) in [5.74, 6) is 0.217. The summed E-state index contributed by atoms with van der Waals surface area (Å²) in [7, 11) is 6.54. The zero-order valence-electron chi connectivity index (χ0n) is 20.0. The van der Waals surface area contributed by atoms with E-state index < -0.39 is 0 Å². The first-order chi connectivity index (χ1) is 13.3. The van der Waals surface area contributed by atoms with Gasteiger partial charge in [-0.15, -0.1) is 0 Å². The highest BCUT2D eigenvalue weighted by molar-refractivity contribution is 5.75. The lowest BCUT2D eigenvalue weighted by Crippen LogP contribution is -3.00. The number of nitrogens with zero attached hydrogens (tertiary/aromatic N) is 1. The Hall–Kier alpha value is -0.320. The largest absolute Gasteiger partial charge is 1.00 e. The molecule has 1 atom stereocenters. The zero-order chi connectivity index (χ0) is 21.1. The van der Waals surface area contributed by atoms with E-state index in [4.69, 9.17) is 0 Å². The van der Waals surface area contributed by atoms with Crippen molar-refractivity contribution < 1.29 is 26.8 Å². The third-order valence-corrected chi connectivity index (χ3v) is 5.41. The van der Waals surface area contributed by atoms with E-state index in [1.54, 1.807) is 0 Å². The Bertz CT molecular complexity index is 359. The van der Waals surface area contributed by atoms with Crippen molar-refractivity contribution in [2.24, 2.45) is 0 Å². The van der Waals surface area contributed by atoms with E-state index in [9.17, 15) is 9.90 Å². The highest BCUT2D eigenvalue weighted by Gasteiger charge is 2.07. The summed E-state index contributed by atoms with van der Waals surface area (Å²) in [6, 6.07) is 0. The zero-order valence-corrected chi connectivity index (χ0v) is 20.7. The molecule has 0 aromatic heterocycles. The Labute approximate surface area is 188 Å². The van der Waals surface area contributed by atoms with E-state index in [1.165, 1.54) is 70.6 Å². The van der Waals surface area contributed by atoms with Gasteiger partial charge in [-0.25, -0.2) is 0 Å². The molecular weight excluding hydrogens is 384 g/mol. The number of nitrogens with one attached hydrogen (secondary N) is 1. The highest BCUT2D eigenvalue weighted by atomic mass is 35.5. The molecule has 4 nitrogen and oxygen atoms in total. The summed E-state index contributed by atoms with van der Waals surface area (Å²) in [5.41, 5.74) is 0. The monoisotopic (exact) mass is 434 g/mol. The predicted molar refractivity (Wildman–Crippen MR) is 121 cm³/mol. The number of aliphatic hydroxyl groups excluding tert-OH is 1. The predicted octanol–water partition coefficient (Wildman–Crippen LogP) is 2.44. The van der Waals surface area contributed by atoms with Crippen LogP contribution in [0.2, 0.25) is 0 Å². The molecule has 0 heterocycles. The summed E-state index contributed by atoms with van der Waals surface area (Å²) < 4.78 is 0.954. The molecule has 0 saturated heterocycles. The second-order valence-corrected chi connectivity index (χ2v) is 9.59. The molecule has 0 aliphatic carbocycles. The molecule has 0 spiro atoms. The number of rotatable bonds is 20. The van der Waals surface area contributed by atoms with Crippen LogP contribution in [-0.2, 0) is 4.79 Å². The summed E-state index contributed by atoms with van der Waals surface area (Å²) in [4.78, 5) is 11.8. The smallest absolute Gasteiger partial charge is 0.219 e. The van der Waals surface area contributed by atoms with Crippen LogP contribution in [0.15, 0.2) is 0 Å². The molecule has 0 aliphatic rings. The molecule has 0 bridgehead atoms. The number of carbonyl (C=O) groups is 1. The van der Waals surface area contributed by atoms with Gasteiger partial charge in [-0.3, -0.25) is 4.79 Å². The van der Waals surface area contributed by atoms with Crippen LogP contribution < -0.4 is 17.7 Å². The minimum atomic E-state index is -0.0736. The maximum absolute atomic E-state index is 11.8. The summed E-state index contributed by atoms with van der Waals surface area (Å²) >= 11 is 0. The fourth-order valence-electron chi connectivity index (χ4n) is 3.55. The molecule has 0 rings (SSSR count). The first-order valence-electron chi connectivity index (χ1n) is 12.1. The van der Waals surface area contributed by atoms with Crippen molar-refractivity contribution in [2.45, 2.75) is 116 Å². The molecule has 5 heteroatoms. The molecular formula is C24H51ClN2O2. The van der Waals surface area contributed by atoms with Gasteiger partial charge in [0.25, 0.3) is 0 Å². The summed E-state index contributed by atoms with van der Waals surface area (Å²) in [6.07, 6.45) is 18.4. The molecule has 1 amide bonds. The fraction of sp³-hybridized carbons (Fsp3) is 0.958. The van der Waals surface area contributed by atoms with E-state index in [0.29, 0.717) is 6.42 Å². The molecule has 0 aromatic rings. The lowest BCUT2D eigenvalue weighted by molar-refractivity contribution is -0.870. The van der Waals surface area contributed by atoms with Gasteiger partial charge in [0.2, 0.25) is 5.91 Å². The van der Waals surface area contributed by atoms with Crippen LogP contribution in [0, 0.1) is 0 Å². The maximum atomic E-state index is 11.8. The van der Waals surface area contributed by atoms with Gasteiger partial charge >= 0.3 is 0 Å². The number of carbonyl (C=O) groups excluding carboxylic acids is 1. The second kappa shape index (κ2) is 20.9. The van der Waals surface area contributed by atoms with Crippen LogP contribution in [0.25, 0.3) is 0 Å². The average molecular weight is 435 g/mol. The second-order valence-electron chi connectivity index (χ2n) is 9.59. The van der Waals surface area contributed by atoms with Crippen LogP contribution >= 0.6 is 0 Å². The van der Waals surface area contributed by atoms with Crippen molar-refractivity contribution in [3.63, 3.8) is 0 Å². The van der Waals surface area contributed by atoms with E-state index in [0.717, 1.165) is 43.3 Å². The topological polar surface area (TPSA) is 49.3 Å². The van der Waals surface area contributed by atoms with Crippen molar-refractivity contribution in [1.29, 1.82) is 0 Å². The summed E-state index contributed by atoms with van der Waals surface area (Å²) in [5, 5.41) is 13.0. The molecule has 0 fully saturated rings. The van der Waals surface area contributed by atoms with E-state index >= 15 is 0 Å². The quantitative estimate of drug-likeness (QED) is 0.228. The number of amides is 1. The van der Waals surface area contributed by atoms with Crippen LogP contribution in [0.4, 0.5) is 0 Å². The molecule has 0 aliphatic heterocycles. The van der Waals surface area contributed by atoms with E-state index in [-0.39, 0.29) is 24.4 Å². The van der Waals surface area contributed by atoms with Crippen molar-refractivity contribution >= 4 is 5.91 Å².